The summed E-state index contributed by atoms with van der Waals surface area (Å²) in [6, 6.07) is 7.57. The number of benzene rings is 1. The Labute approximate surface area is 91.1 Å². The molecule has 0 saturated heterocycles. The molecule has 15 heavy (non-hydrogen) atoms. The fraction of sp³-hybridized carbons (Fsp3) is 0.100. The zero-order valence-corrected chi connectivity index (χ0v) is 9.81. The number of carbonyl (C=O) groups is 1. The number of aromatic nitrogens is 1. The van der Waals surface area contributed by atoms with Crippen LogP contribution in [0.5, 0.6) is 0 Å². The van der Waals surface area contributed by atoms with Crippen molar-refractivity contribution in [2.75, 3.05) is 7.11 Å². The first-order valence-corrected chi connectivity index (χ1v) is 5.10. The number of rotatable bonds is 1. The highest BCUT2D eigenvalue weighted by atomic mass is 31.0. The lowest BCUT2D eigenvalue weighted by Crippen LogP contribution is -2.06. The van der Waals surface area contributed by atoms with Gasteiger partial charge in [-0.1, -0.05) is 0 Å². The second kappa shape index (κ2) is 3.71. The summed E-state index contributed by atoms with van der Waals surface area (Å²) in [6.45, 7) is 0. The van der Waals surface area contributed by atoms with Gasteiger partial charge in [-0.05, 0) is 39.2 Å². The van der Waals surface area contributed by atoms with Gasteiger partial charge in [0.15, 0.2) is 7.85 Å². The molecule has 0 amide bonds. The molecule has 0 N–H and O–H groups in total. The molecule has 0 aliphatic heterocycles. The zero-order valence-electron chi connectivity index (χ0n) is 8.65. The topological polar surface area (TPSA) is 31.2 Å². The second-order valence-corrected chi connectivity index (χ2v) is 3.94. The summed E-state index contributed by atoms with van der Waals surface area (Å²) in [5.74, 6) is -0.300. The van der Waals surface area contributed by atoms with Crippen molar-refractivity contribution in [1.29, 1.82) is 0 Å². The summed E-state index contributed by atoms with van der Waals surface area (Å²) in [5.41, 5.74) is 2.81. The summed E-state index contributed by atoms with van der Waals surface area (Å²) in [7, 11) is 6.05. The predicted octanol–water partition coefficient (Wildman–Crippen LogP) is 0.325. The van der Waals surface area contributed by atoms with Crippen molar-refractivity contribution in [3.8, 4) is 0 Å². The van der Waals surface area contributed by atoms with E-state index in [2.05, 4.69) is 14.1 Å². The molecule has 0 spiro atoms. The zero-order chi connectivity index (χ0) is 11.0. The van der Waals surface area contributed by atoms with E-state index in [0.717, 1.165) is 16.5 Å². The summed E-state index contributed by atoms with van der Waals surface area (Å²) in [4.78, 5) is 11.3. The Hall–Kier alpha value is -1.28. The Balaban J connectivity index is 2.62. The fourth-order valence-electron chi connectivity index (χ4n) is 1.62. The molecule has 3 nitrogen and oxygen atoms in total. The SMILES string of the molecule is Bc1cc2cc(C(=O)OC)ccc2n1P. The second-order valence-electron chi connectivity index (χ2n) is 3.42. The largest absolute Gasteiger partial charge is 0.465 e. The molecule has 1 unspecified atom stereocenters. The van der Waals surface area contributed by atoms with Crippen LogP contribution in [0.15, 0.2) is 24.3 Å². The average Bonchev–Trinajstić information content (AvgIpc) is 2.53. The van der Waals surface area contributed by atoms with E-state index in [1.165, 1.54) is 7.11 Å². The van der Waals surface area contributed by atoms with Crippen molar-refractivity contribution < 1.29 is 9.53 Å². The molecule has 76 valence electrons. The number of esters is 1. The van der Waals surface area contributed by atoms with Crippen molar-refractivity contribution in [3.05, 3.63) is 29.8 Å². The van der Waals surface area contributed by atoms with Crippen LogP contribution in [0.1, 0.15) is 10.4 Å². The normalized spacial score (nSPS) is 10.5. The van der Waals surface area contributed by atoms with E-state index in [9.17, 15) is 4.79 Å². The highest BCUT2D eigenvalue weighted by molar-refractivity contribution is 7.15. The van der Waals surface area contributed by atoms with Crippen molar-refractivity contribution in [2.24, 2.45) is 0 Å². The maximum absolute atomic E-state index is 11.3. The van der Waals surface area contributed by atoms with E-state index in [4.69, 9.17) is 0 Å². The molecule has 5 heteroatoms. The minimum atomic E-state index is -0.300. The predicted molar refractivity (Wildman–Crippen MR) is 66.6 cm³/mol. The van der Waals surface area contributed by atoms with Crippen molar-refractivity contribution in [3.63, 3.8) is 0 Å². The molecule has 2 aromatic rings. The number of hydrogen-bond donors (Lipinski definition) is 0. The van der Waals surface area contributed by atoms with E-state index < -0.39 is 0 Å². The van der Waals surface area contributed by atoms with Crippen molar-refractivity contribution >= 4 is 39.7 Å². The maximum Gasteiger partial charge on any atom is 0.337 e. The van der Waals surface area contributed by atoms with Gasteiger partial charge in [-0.25, -0.2) is 4.79 Å². The molecule has 2 rings (SSSR count). The van der Waals surface area contributed by atoms with E-state index in [1.54, 1.807) is 6.07 Å². The molecule has 0 aliphatic carbocycles. The molecule has 1 atom stereocenters. The first-order chi connectivity index (χ1) is 7.13. The quantitative estimate of drug-likeness (QED) is 0.393. The van der Waals surface area contributed by atoms with Crippen molar-refractivity contribution in [1.82, 2.24) is 4.34 Å². The van der Waals surface area contributed by atoms with Crippen LogP contribution in [0, 0.1) is 0 Å². The van der Waals surface area contributed by atoms with Gasteiger partial charge in [-0.2, -0.15) is 0 Å². The Kier molecular flexibility index (Phi) is 2.53. The van der Waals surface area contributed by atoms with Crippen LogP contribution in [0.4, 0.5) is 0 Å². The minimum Gasteiger partial charge on any atom is -0.465 e. The third-order valence-corrected chi connectivity index (χ3v) is 3.14. The lowest BCUT2D eigenvalue weighted by atomic mass is 10.1. The van der Waals surface area contributed by atoms with Crippen molar-refractivity contribution in [2.45, 2.75) is 0 Å². The van der Waals surface area contributed by atoms with Crippen LogP contribution >= 0.6 is 9.39 Å². The van der Waals surface area contributed by atoms with E-state index in [-0.39, 0.29) is 5.97 Å². The minimum absolute atomic E-state index is 0.300. The highest BCUT2D eigenvalue weighted by Gasteiger charge is 2.08. The van der Waals surface area contributed by atoms with E-state index in [0.29, 0.717) is 5.56 Å². The van der Waals surface area contributed by atoms with Crippen LogP contribution in [0.3, 0.4) is 0 Å². The van der Waals surface area contributed by atoms with Crippen LogP contribution in [-0.4, -0.2) is 25.3 Å². The number of carbonyl (C=O) groups excluding carboxylic acids is 1. The maximum atomic E-state index is 11.3. The van der Waals surface area contributed by atoms with E-state index in [1.807, 2.05) is 30.4 Å². The van der Waals surface area contributed by atoms with Gasteiger partial charge < -0.3 is 9.07 Å². The van der Waals surface area contributed by atoms with Crippen LogP contribution < -0.4 is 5.59 Å². The van der Waals surface area contributed by atoms with Gasteiger partial charge in [0.05, 0.1) is 18.2 Å². The lowest BCUT2D eigenvalue weighted by Gasteiger charge is -2.01. The molecule has 0 bridgehead atoms. The van der Waals surface area contributed by atoms with Gasteiger partial charge in [0.2, 0.25) is 0 Å². The highest BCUT2D eigenvalue weighted by Crippen LogP contribution is 2.18. The summed E-state index contributed by atoms with van der Waals surface area (Å²) < 4.78 is 6.68. The molecule has 1 aromatic carbocycles. The molecular formula is C10H11BNO2P. The number of fused-ring (bicyclic) bond motifs is 1. The van der Waals surface area contributed by atoms with Gasteiger partial charge in [0, 0.05) is 5.39 Å². The molecule has 0 radical (unpaired) electrons. The Bertz CT molecular complexity index is 535. The van der Waals surface area contributed by atoms with E-state index >= 15 is 0 Å². The molecule has 0 saturated carbocycles. The van der Waals surface area contributed by atoms with Crippen LogP contribution in [0.2, 0.25) is 0 Å². The first kappa shape index (κ1) is 10.2. The smallest absolute Gasteiger partial charge is 0.337 e. The molecule has 0 aliphatic rings. The number of ether oxygens (including phenoxy) is 1. The summed E-state index contributed by atoms with van der Waals surface area (Å²) in [6.07, 6.45) is 0. The van der Waals surface area contributed by atoms with Gasteiger partial charge >= 0.3 is 5.97 Å². The summed E-state index contributed by atoms with van der Waals surface area (Å²) >= 11 is 0. The monoisotopic (exact) mass is 219 g/mol. The average molecular weight is 219 g/mol. The summed E-state index contributed by atoms with van der Waals surface area (Å²) in [5, 5.41) is 1.05. The van der Waals surface area contributed by atoms with Gasteiger partial charge in [-0.3, -0.25) is 0 Å². The Morgan fingerprint density at radius 3 is 2.87 bits per heavy atom. The van der Waals surface area contributed by atoms with Gasteiger partial charge in [-0.15, -0.1) is 0 Å². The first-order valence-electron chi connectivity index (χ1n) is 4.59. The fourth-order valence-corrected chi connectivity index (χ4v) is 1.93. The molecule has 1 heterocycles. The number of hydrogen-bond acceptors (Lipinski definition) is 2. The van der Waals surface area contributed by atoms with Crippen LogP contribution in [0.25, 0.3) is 10.9 Å². The third kappa shape index (κ3) is 1.66. The Morgan fingerprint density at radius 1 is 1.47 bits per heavy atom. The van der Waals surface area contributed by atoms with Gasteiger partial charge in [0.25, 0.3) is 0 Å². The Morgan fingerprint density at radius 2 is 2.20 bits per heavy atom. The third-order valence-electron chi connectivity index (χ3n) is 2.45. The molecular weight excluding hydrogens is 208 g/mol. The van der Waals surface area contributed by atoms with Gasteiger partial charge in [0.1, 0.15) is 0 Å². The molecule has 1 aromatic heterocycles. The number of nitrogens with zero attached hydrogens (tertiary/aromatic N) is 1. The van der Waals surface area contributed by atoms with Crippen LogP contribution in [-0.2, 0) is 4.74 Å². The molecule has 0 fully saturated rings. The standard InChI is InChI=1S/C10H11BNO2P/c1-14-10(13)6-2-3-8-7(4-6)5-9(11)12(8)15/h2-5H,11,15H2,1H3. The lowest BCUT2D eigenvalue weighted by molar-refractivity contribution is 0.0601. The number of methoxy groups -OCH3 is 1.